The van der Waals surface area contributed by atoms with Gasteiger partial charge in [-0.3, -0.25) is 4.79 Å². The lowest BCUT2D eigenvalue weighted by Crippen LogP contribution is -2.45. The fraction of sp³-hybridized carbons (Fsp3) is 0.696. The Morgan fingerprint density at radius 2 is 2.04 bits per heavy atom. The molecule has 1 aromatic carbocycles. The van der Waals surface area contributed by atoms with Crippen LogP contribution in [-0.2, 0) is 11.2 Å². The van der Waals surface area contributed by atoms with Gasteiger partial charge in [-0.1, -0.05) is 33.8 Å². The summed E-state index contributed by atoms with van der Waals surface area (Å²) in [6.45, 7) is 17.6. The van der Waals surface area contributed by atoms with E-state index in [1.54, 1.807) is 0 Å². The van der Waals surface area contributed by atoms with E-state index in [2.05, 4.69) is 59.8 Å². The molecule has 0 aromatic heterocycles. The van der Waals surface area contributed by atoms with Gasteiger partial charge < -0.3 is 10.1 Å². The van der Waals surface area contributed by atoms with Gasteiger partial charge in [0.2, 0.25) is 5.91 Å². The Morgan fingerprint density at radius 3 is 2.65 bits per heavy atom. The van der Waals surface area contributed by atoms with Crippen molar-refractivity contribution in [3.63, 3.8) is 0 Å². The molecule has 3 heteroatoms. The summed E-state index contributed by atoms with van der Waals surface area (Å²) in [7, 11) is 0. The number of amides is 1. The van der Waals surface area contributed by atoms with Crippen LogP contribution in [0.5, 0.6) is 5.75 Å². The maximum atomic E-state index is 12.0. The van der Waals surface area contributed by atoms with Crippen molar-refractivity contribution in [2.75, 3.05) is 0 Å². The third kappa shape index (κ3) is 2.84. The van der Waals surface area contributed by atoms with Crippen LogP contribution in [-0.4, -0.2) is 17.6 Å². The highest BCUT2D eigenvalue weighted by molar-refractivity contribution is 5.76. The predicted octanol–water partition coefficient (Wildman–Crippen LogP) is 5.24. The fourth-order valence-electron chi connectivity index (χ4n) is 4.81. The molecule has 1 aliphatic carbocycles. The van der Waals surface area contributed by atoms with Gasteiger partial charge in [0.1, 0.15) is 11.4 Å². The van der Waals surface area contributed by atoms with Crippen molar-refractivity contribution in [1.82, 2.24) is 5.32 Å². The van der Waals surface area contributed by atoms with E-state index in [-0.39, 0.29) is 23.0 Å². The summed E-state index contributed by atoms with van der Waals surface area (Å²) in [5.74, 6) is 2.06. The number of hydrogen-bond acceptors (Lipinski definition) is 2. The molecule has 3 nitrogen and oxygen atoms in total. The minimum Gasteiger partial charge on any atom is -0.487 e. The monoisotopic (exact) mass is 357 g/mol. The smallest absolute Gasteiger partial charge is 0.219 e. The van der Waals surface area contributed by atoms with E-state index in [1.807, 2.05) is 6.92 Å². The molecule has 1 heterocycles. The Bertz CT molecular complexity index is 732. The van der Waals surface area contributed by atoms with Gasteiger partial charge in [-0.2, -0.15) is 0 Å². The van der Waals surface area contributed by atoms with Crippen molar-refractivity contribution in [2.24, 2.45) is 5.41 Å². The van der Waals surface area contributed by atoms with Gasteiger partial charge in [-0.15, -0.1) is 0 Å². The van der Waals surface area contributed by atoms with E-state index in [0.717, 1.165) is 18.6 Å². The van der Waals surface area contributed by atoms with E-state index >= 15 is 0 Å². The number of hydrogen-bond donors (Lipinski definition) is 1. The highest BCUT2D eigenvalue weighted by Crippen LogP contribution is 2.56. The second kappa shape index (κ2) is 6.28. The largest absolute Gasteiger partial charge is 0.487 e. The topological polar surface area (TPSA) is 38.3 Å². The van der Waals surface area contributed by atoms with E-state index in [1.165, 1.54) is 22.3 Å². The zero-order valence-corrected chi connectivity index (χ0v) is 17.7. The van der Waals surface area contributed by atoms with E-state index in [9.17, 15) is 4.79 Å². The van der Waals surface area contributed by atoms with Gasteiger partial charge in [0, 0.05) is 23.9 Å². The zero-order valence-electron chi connectivity index (χ0n) is 17.7. The standard InChI is InChI=1S/C23H35NO2/c1-9-18(25)24-15(4)22(5,6)17-11-10-16-12-13(2)21-19(20(16)17)14(3)23(7,8)26-21/h12,14-15,17H,9-11H2,1-8H3,(H,24,25)/t14?,15?,17-/m1/s1. The molecule has 26 heavy (non-hydrogen) atoms. The number of fused-ring (bicyclic) bond motifs is 3. The van der Waals surface area contributed by atoms with Gasteiger partial charge in [-0.05, 0) is 68.6 Å². The third-order valence-electron chi connectivity index (χ3n) is 7.23. The second-order valence-electron chi connectivity index (χ2n) is 9.49. The Balaban J connectivity index is 2.05. The van der Waals surface area contributed by atoms with Crippen LogP contribution >= 0.6 is 0 Å². The number of rotatable bonds is 4. The lowest BCUT2D eigenvalue weighted by Gasteiger charge is -2.39. The lowest BCUT2D eigenvalue weighted by atomic mass is 9.68. The fourth-order valence-corrected chi connectivity index (χ4v) is 4.81. The Morgan fingerprint density at radius 1 is 1.38 bits per heavy atom. The van der Waals surface area contributed by atoms with Crippen LogP contribution in [0.1, 0.15) is 95.4 Å². The summed E-state index contributed by atoms with van der Waals surface area (Å²) in [4.78, 5) is 12.0. The Hall–Kier alpha value is -1.51. The normalized spacial score (nSPS) is 24.6. The van der Waals surface area contributed by atoms with Crippen molar-refractivity contribution < 1.29 is 9.53 Å². The first-order valence-electron chi connectivity index (χ1n) is 10.1. The van der Waals surface area contributed by atoms with Gasteiger partial charge in [0.05, 0.1) is 0 Å². The van der Waals surface area contributed by atoms with Crippen LogP contribution < -0.4 is 10.1 Å². The van der Waals surface area contributed by atoms with Crippen molar-refractivity contribution in [1.29, 1.82) is 0 Å². The molecular formula is C23H35NO2. The average molecular weight is 358 g/mol. The zero-order chi connectivity index (χ0) is 19.4. The minimum absolute atomic E-state index is 0.00837. The van der Waals surface area contributed by atoms with Gasteiger partial charge >= 0.3 is 0 Å². The van der Waals surface area contributed by atoms with Crippen molar-refractivity contribution in [3.05, 3.63) is 28.3 Å². The van der Waals surface area contributed by atoms with Crippen LogP contribution in [0.3, 0.4) is 0 Å². The molecule has 0 bridgehead atoms. The molecule has 2 aliphatic rings. The lowest BCUT2D eigenvalue weighted by molar-refractivity contribution is -0.122. The van der Waals surface area contributed by atoms with Crippen molar-refractivity contribution in [2.45, 2.75) is 98.1 Å². The average Bonchev–Trinajstić information content (AvgIpc) is 3.07. The molecule has 0 fully saturated rings. The maximum absolute atomic E-state index is 12.0. The Labute approximate surface area is 158 Å². The second-order valence-corrected chi connectivity index (χ2v) is 9.49. The van der Waals surface area contributed by atoms with Gasteiger partial charge in [0.25, 0.3) is 0 Å². The number of carbonyl (C=O) groups is 1. The minimum atomic E-state index is -0.165. The third-order valence-corrected chi connectivity index (χ3v) is 7.23. The SMILES string of the molecule is CCC(=O)NC(C)C(C)(C)[C@@H]1CCc2cc(C)c3c(c21)C(C)C(C)(C)O3. The molecule has 1 N–H and O–H groups in total. The van der Waals surface area contributed by atoms with Gasteiger partial charge in [0.15, 0.2) is 0 Å². The summed E-state index contributed by atoms with van der Waals surface area (Å²) >= 11 is 0. The molecule has 1 aromatic rings. The summed E-state index contributed by atoms with van der Waals surface area (Å²) < 4.78 is 6.40. The number of carbonyl (C=O) groups excluding carboxylic acids is 1. The first-order valence-corrected chi connectivity index (χ1v) is 10.1. The molecule has 0 saturated heterocycles. The highest BCUT2D eigenvalue weighted by Gasteiger charge is 2.47. The first-order chi connectivity index (χ1) is 12.0. The summed E-state index contributed by atoms with van der Waals surface area (Å²) in [5, 5.41) is 3.21. The molecule has 0 saturated carbocycles. The molecule has 0 spiro atoms. The quantitative estimate of drug-likeness (QED) is 0.800. The van der Waals surface area contributed by atoms with E-state index in [0.29, 0.717) is 18.3 Å². The van der Waals surface area contributed by atoms with E-state index in [4.69, 9.17) is 4.74 Å². The van der Waals surface area contributed by atoms with E-state index < -0.39 is 0 Å². The van der Waals surface area contributed by atoms with Crippen molar-refractivity contribution in [3.8, 4) is 5.75 Å². The number of aryl methyl sites for hydroxylation is 2. The van der Waals surface area contributed by atoms with Crippen LogP contribution in [0, 0.1) is 12.3 Å². The van der Waals surface area contributed by atoms with Crippen molar-refractivity contribution >= 4 is 5.91 Å². The molecule has 1 amide bonds. The summed E-state index contributed by atoms with van der Waals surface area (Å²) in [6.07, 6.45) is 2.81. The van der Waals surface area contributed by atoms with Gasteiger partial charge in [-0.25, -0.2) is 0 Å². The predicted molar refractivity (Wildman–Crippen MR) is 107 cm³/mol. The molecule has 2 unspecified atom stereocenters. The molecule has 0 radical (unpaired) electrons. The molecule has 3 rings (SSSR count). The molecular weight excluding hydrogens is 322 g/mol. The molecule has 1 aliphatic heterocycles. The number of ether oxygens (including phenoxy) is 1. The molecule has 3 atom stereocenters. The highest BCUT2D eigenvalue weighted by atomic mass is 16.5. The van der Waals surface area contributed by atoms with Crippen LogP contribution in [0.4, 0.5) is 0 Å². The Kier molecular flexibility index (Phi) is 4.65. The first kappa shape index (κ1) is 19.3. The molecule has 144 valence electrons. The number of benzene rings is 1. The maximum Gasteiger partial charge on any atom is 0.219 e. The number of nitrogens with one attached hydrogen (secondary N) is 1. The van der Waals surface area contributed by atoms with Crippen LogP contribution in [0.25, 0.3) is 0 Å². The summed E-state index contributed by atoms with van der Waals surface area (Å²) in [5.41, 5.74) is 5.51. The van der Waals surface area contributed by atoms with Crippen LogP contribution in [0.2, 0.25) is 0 Å². The summed E-state index contributed by atoms with van der Waals surface area (Å²) in [6, 6.07) is 2.47. The van der Waals surface area contributed by atoms with Crippen LogP contribution in [0.15, 0.2) is 6.07 Å².